The first-order chi connectivity index (χ1) is 14.8. The van der Waals surface area contributed by atoms with Crippen molar-refractivity contribution < 1.29 is 13.9 Å². The number of hydrogen-bond donors (Lipinski definition) is 1. The minimum atomic E-state index is -0.257. The second kappa shape index (κ2) is 8.02. The van der Waals surface area contributed by atoms with E-state index in [-0.39, 0.29) is 18.3 Å². The molecule has 152 valence electrons. The highest BCUT2D eigenvalue weighted by Gasteiger charge is 2.14. The highest BCUT2D eigenvalue weighted by molar-refractivity contribution is 5.91. The van der Waals surface area contributed by atoms with Crippen LogP contribution in [-0.4, -0.2) is 27.0 Å². The number of fused-ring (bicyclic) bond motifs is 2. The molecule has 0 unspecified atom stereocenters. The molecule has 1 amide bonds. The van der Waals surface area contributed by atoms with Crippen LogP contribution in [0.25, 0.3) is 5.65 Å². The number of nitrogens with one attached hydrogen (secondary N) is 1. The zero-order chi connectivity index (χ0) is 20.3. The Labute approximate surface area is 173 Å². The molecular weight excluding hydrogens is 380 g/mol. The van der Waals surface area contributed by atoms with Crippen molar-refractivity contribution in [3.8, 4) is 5.75 Å². The standard InChI is InChI=1S/C23H22N4O3/c28-23(24-12-11-22-26-25-21-6-1-2-13-27(21)22)20-10-9-19(30-20)15-29-18-8-7-16-4-3-5-17(16)14-18/h1-2,6-10,13-14H,3-5,11-12,15H2,(H,24,28). The maximum Gasteiger partial charge on any atom is 0.287 e. The maximum absolute atomic E-state index is 12.4. The van der Waals surface area contributed by atoms with Gasteiger partial charge in [0, 0.05) is 19.2 Å². The number of ether oxygens (including phenoxy) is 1. The van der Waals surface area contributed by atoms with E-state index in [1.54, 1.807) is 12.1 Å². The fourth-order valence-electron chi connectivity index (χ4n) is 3.81. The predicted octanol–water partition coefficient (Wildman–Crippen LogP) is 3.36. The Bertz CT molecular complexity index is 1190. The van der Waals surface area contributed by atoms with Gasteiger partial charge in [0.2, 0.25) is 0 Å². The molecule has 0 aliphatic heterocycles. The van der Waals surface area contributed by atoms with Crippen LogP contribution in [0, 0.1) is 0 Å². The molecule has 1 aliphatic rings. The Morgan fingerprint density at radius 2 is 2.03 bits per heavy atom. The third-order valence-electron chi connectivity index (χ3n) is 5.35. The number of nitrogens with zero attached hydrogens (tertiary/aromatic N) is 3. The van der Waals surface area contributed by atoms with Crippen molar-refractivity contribution in [3.05, 3.63) is 83.2 Å². The van der Waals surface area contributed by atoms with E-state index in [0.717, 1.165) is 30.1 Å². The van der Waals surface area contributed by atoms with Gasteiger partial charge >= 0.3 is 0 Å². The summed E-state index contributed by atoms with van der Waals surface area (Å²) in [7, 11) is 0. The van der Waals surface area contributed by atoms with E-state index in [9.17, 15) is 4.79 Å². The van der Waals surface area contributed by atoms with Crippen molar-refractivity contribution in [1.82, 2.24) is 19.9 Å². The van der Waals surface area contributed by atoms with Gasteiger partial charge in [0.05, 0.1) is 0 Å². The van der Waals surface area contributed by atoms with Crippen LogP contribution < -0.4 is 10.1 Å². The summed E-state index contributed by atoms with van der Waals surface area (Å²) in [5.41, 5.74) is 3.57. The smallest absolute Gasteiger partial charge is 0.287 e. The van der Waals surface area contributed by atoms with Crippen molar-refractivity contribution in [2.24, 2.45) is 0 Å². The molecule has 0 spiro atoms. The van der Waals surface area contributed by atoms with E-state index in [0.29, 0.717) is 18.7 Å². The number of rotatable bonds is 7. The lowest BCUT2D eigenvalue weighted by Gasteiger charge is -2.07. The lowest BCUT2D eigenvalue weighted by molar-refractivity contribution is 0.0922. The number of benzene rings is 1. The quantitative estimate of drug-likeness (QED) is 0.513. The van der Waals surface area contributed by atoms with Gasteiger partial charge < -0.3 is 14.5 Å². The predicted molar refractivity (Wildman–Crippen MR) is 111 cm³/mol. The van der Waals surface area contributed by atoms with Gasteiger partial charge in [-0.1, -0.05) is 12.1 Å². The highest BCUT2D eigenvalue weighted by Crippen LogP contribution is 2.26. The summed E-state index contributed by atoms with van der Waals surface area (Å²) < 4.78 is 13.4. The summed E-state index contributed by atoms with van der Waals surface area (Å²) >= 11 is 0. The van der Waals surface area contributed by atoms with Crippen molar-refractivity contribution in [3.63, 3.8) is 0 Å². The molecule has 3 aromatic heterocycles. The summed E-state index contributed by atoms with van der Waals surface area (Å²) in [5.74, 6) is 2.26. The van der Waals surface area contributed by atoms with E-state index in [2.05, 4.69) is 27.6 Å². The molecule has 1 aliphatic carbocycles. The summed E-state index contributed by atoms with van der Waals surface area (Å²) in [6, 6.07) is 15.4. The zero-order valence-electron chi connectivity index (χ0n) is 16.5. The minimum absolute atomic E-state index is 0.257. The summed E-state index contributed by atoms with van der Waals surface area (Å²) in [6.07, 6.45) is 5.96. The summed E-state index contributed by atoms with van der Waals surface area (Å²) in [5, 5.41) is 11.1. The number of furan rings is 1. The molecule has 0 bridgehead atoms. The average Bonchev–Trinajstić information content (AvgIpc) is 3.51. The van der Waals surface area contributed by atoms with Crippen LogP contribution in [0.5, 0.6) is 5.75 Å². The average molecular weight is 402 g/mol. The van der Waals surface area contributed by atoms with Crippen LogP contribution >= 0.6 is 0 Å². The van der Waals surface area contributed by atoms with Crippen LogP contribution in [-0.2, 0) is 25.9 Å². The first-order valence-corrected chi connectivity index (χ1v) is 10.2. The van der Waals surface area contributed by atoms with Gasteiger partial charge in [-0.15, -0.1) is 10.2 Å². The lowest BCUT2D eigenvalue weighted by atomic mass is 10.1. The third kappa shape index (κ3) is 3.78. The second-order valence-corrected chi connectivity index (χ2v) is 7.39. The highest BCUT2D eigenvalue weighted by atomic mass is 16.5. The molecule has 0 saturated heterocycles. The Morgan fingerprint density at radius 3 is 3.00 bits per heavy atom. The number of aryl methyl sites for hydroxylation is 2. The number of carbonyl (C=O) groups excluding carboxylic acids is 1. The van der Waals surface area contributed by atoms with Gasteiger partial charge in [-0.3, -0.25) is 9.20 Å². The van der Waals surface area contributed by atoms with Crippen molar-refractivity contribution in [2.75, 3.05) is 6.54 Å². The molecule has 7 heteroatoms. The monoisotopic (exact) mass is 402 g/mol. The van der Waals surface area contributed by atoms with Gasteiger partial charge in [-0.05, 0) is 66.8 Å². The van der Waals surface area contributed by atoms with Crippen LogP contribution in [0.1, 0.15) is 39.7 Å². The van der Waals surface area contributed by atoms with E-state index in [1.807, 2.05) is 34.9 Å². The Hall–Kier alpha value is -3.61. The normalized spacial score (nSPS) is 12.8. The topological polar surface area (TPSA) is 81.7 Å². The van der Waals surface area contributed by atoms with E-state index >= 15 is 0 Å². The molecule has 30 heavy (non-hydrogen) atoms. The molecule has 5 rings (SSSR count). The Morgan fingerprint density at radius 1 is 1.10 bits per heavy atom. The summed E-state index contributed by atoms with van der Waals surface area (Å²) in [4.78, 5) is 12.4. The molecule has 1 N–H and O–H groups in total. The lowest BCUT2D eigenvalue weighted by Crippen LogP contribution is -2.25. The summed E-state index contributed by atoms with van der Waals surface area (Å²) in [6.45, 7) is 0.730. The molecule has 0 atom stereocenters. The van der Waals surface area contributed by atoms with E-state index < -0.39 is 0 Å². The molecule has 1 aromatic carbocycles. The first kappa shape index (κ1) is 18.4. The van der Waals surface area contributed by atoms with Crippen molar-refractivity contribution >= 4 is 11.6 Å². The zero-order valence-corrected chi connectivity index (χ0v) is 16.5. The van der Waals surface area contributed by atoms with Crippen LogP contribution in [0.3, 0.4) is 0 Å². The number of amides is 1. The minimum Gasteiger partial charge on any atom is -0.486 e. The van der Waals surface area contributed by atoms with Gasteiger partial charge in [-0.2, -0.15) is 0 Å². The molecular formula is C23H22N4O3. The van der Waals surface area contributed by atoms with Crippen LogP contribution in [0.4, 0.5) is 0 Å². The van der Waals surface area contributed by atoms with Crippen molar-refractivity contribution in [2.45, 2.75) is 32.3 Å². The number of aromatic nitrogens is 3. The molecule has 0 saturated carbocycles. The van der Waals surface area contributed by atoms with Gasteiger partial charge in [-0.25, -0.2) is 0 Å². The maximum atomic E-state index is 12.4. The molecule has 0 fully saturated rings. The van der Waals surface area contributed by atoms with Crippen LogP contribution in [0.2, 0.25) is 0 Å². The first-order valence-electron chi connectivity index (χ1n) is 10.2. The van der Waals surface area contributed by atoms with Crippen LogP contribution in [0.15, 0.2) is 59.1 Å². The van der Waals surface area contributed by atoms with Gasteiger partial charge in [0.1, 0.15) is 23.9 Å². The van der Waals surface area contributed by atoms with E-state index in [1.165, 1.54) is 17.5 Å². The molecule has 3 heterocycles. The Kier molecular flexibility index (Phi) is 4.93. The molecule has 7 nitrogen and oxygen atoms in total. The second-order valence-electron chi connectivity index (χ2n) is 7.39. The number of pyridine rings is 1. The molecule has 0 radical (unpaired) electrons. The Balaban J connectivity index is 1.13. The van der Waals surface area contributed by atoms with Gasteiger partial charge in [0.25, 0.3) is 5.91 Å². The third-order valence-corrected chi connectivity index (χ3v) is 5.35. The van der Waals surface area contributed by atoms with Crippen molar-refractivity contribution in [1.29, 1.82) is 0 Å². The van der Waals surface area contributed by atoms with E-state index in [4.69, 9.17) is 9.15 Å². The fraction of sp³-hybridized carbons (Fsp3) is 0.261. The SMILES string of the molecule is O=C(NCCc1nnc2ccccn12)c1ccc(COc2ccc3c(c2)CCC3)o1. The number of carbonyl (C=O) groups is 1. The molecule has 4 aromatic rings. The fourth-order valence-corrected chi connectivity index (χ4v) is 3.81. The van der Waals surface area contributed by atoms with Gasteiger partial charge in [0.15, 0.2) is 11.4 Å². The largest absolute Gasteiger partial charge is 0.486 e. The number of hydrogen-bond acceptors (Lipinski definition) is 5.